The lowest BCUT2D eigenvalue weighted by molar-refractivity contribution is 0.147. The highest BCUT2D eigenvalue weighted by Gasteiger charge is 2.02. The Morgan fingerprint density at radius 1 is 0.938 bits per heavy atom. The van der Waals surface area contributed by atoms with E-state index in [1.807, 2.05) is 6.08 Å². The van der Waals surface area contributed by atoms with Gasteiger partial charge in [0.15, 0.2) is 0 Å². The summed E-state index contributed by atoms with van der Waals surface area (Å²) in [6.07, 6.45) is 13.2. The van der Waals surface area contributed by atoms with Gasteiger partial charge in [0.2, 0.25) is 0 Å². The van der Waals surface area contributed by atoms with Crippen LogP contribution in [0, 0.1) is 0 Å². The van der Waals surface area contributed by atoms with Crippen molar-refractivity contribution in [2.24, 2.45) is 0 Å². The summed E-state index contributed by atoms with van der Waals surface area (Å²) in [5.41, 5.74) is 0. The van der Waals surface area contributed by atoms with Gasteiger partial charge in [0.1, 0.15) is 0 Å². The van der Waals surface area contributed by atoms with Gasteiger partial charge in [0.05, 0.1) is 6.10 Å². The second-order valence-electron chi connectivity index (χ2n) is 4.47. The summed E-state index contributed by atoms with van der Waals surface area (Å²) in [6.45, 7) is 3.69. The molecule has 0 fully saturated rings. The van der Waals surface area contributed by atoms with Crippen molar-refractivity contribution in [3.8, 4) is 0 Å². The number of hydrogen-bond donors (Lipinski definition) is 1. The Bertz CT molecular complexity index is 148. The van der Waals surface area contributed by atoms with E-state index in [1.165, 1.54) is 19.3 Å². The zero-order valence-corrected chi connectivity index (χ0v) is 11.2. The molecule has 1 unspecified atom stereocenters. The molecule has 0 aliphatic carbocycles. The molecule has 0 saturated carbocycles. The van der Waals surface area contributed by atoms with Crippen LogP contribution in [0.5, 0.6) is 0 Å². The van der Waals surface area contributed by atoms with Crippen LogP contribution in [0.2, 0.25) is 0 Å². The Morgan fingerprint density at radius 3 is 2.12 bits per heavy atom. The molecule has 0 heterocycles. The van der Waals surface area contributed by atoms with E-state index >= 15 is 0 Å². The number of hydrogen-bond acceptors (Lipinski definition) is 1. The molecule has 1 atom stereocenters. The van der Waals surface area contributed by atoms with E-state index in [9.17, 15) is 5.11 Å². The molecule has 0 aromatic rings. The van der Waals surface area contributed by atoms with Gasteiger partial charge in [-0.1, -0.05) is 38.2 Å². The van der Waals surface area contributed by atoms with E-state index in [-0.39, 0.29) is 6.10 Å². The maximum atomic E-state index is 9.70. The lowest BCUT2D eigenvalue weighted by atomic mass is 10.0. The van der Waals surface area contributed by atoms with Crippen molar-refractivity contribution in [3.05, 3.63) is 12.7 Å². The van der Waals surface area contributed by atoms with Gasteiger partial charge in [-0.15, -0.1) is 18.2 Å². The van der Waals surface area contributed by atoms with Crippen molar-refractivity contribution in [2.75, 3.05) is 5.88 Å². The Kier molecular flexibility index (Phi) is 13.0. The second-order valence-corrected chi connectivity index (χ2v) is 4.85. The molecular weight excluding hydrogens is 220 g/mol. The van der Waals surface area contributed by atoms with E-state index in [2.05, 4.69) is 6.58 Å². The quantitative estimate of drug-likeness (QED) is 0.301. The van der Waals surface area contributed by atoms with Gasteiger partial charge in [-0.2, -0.15) is 0 Å². The predicted octanol–water partition coefficient (Wildman–Crippen LogP) is 4.67. The van der Waals surface area contributed by atoms with Crippen molar-refractivity contribution in [1.29, 1.82) is 0 Å². The highest BCUT2D eigenvalue weighted by Crippen LogP contribution is 2.12. The molecule has 0 aromatic heterocycles. The third-order valence-corrected chi connectivity index (χ3v) is 3.13. The van der Waals surface area contributed by atoms with E-state index in [4.69, 9.17) is 11.6 Å². The fourth-order valence-electron chi connectivity index (χ4n) is 1.82. The van der Waals surface area contributed by atoms with Crippen molar-refractivity contribution in [2.45, 2.75) is 70.3 Å². The lowest BCUT2D eigenvalue weighted by Gasteiger charge is -2.09. The fourth-order valence-corrected chi connectivity index (χ4v) is 2.01. The number of unbranched alkanes of at least 4 members (excludes halogenated alkanes) is 6. The van der Waals surface area contributed by atoms with E-state index in [0.29, 0.717) is 0 Å². The summed E-state index contributed by atoms with van der Waals surface area (Å²) in [7, 11) is 0. The van der Waals surface area contributed by atoms with Crippen molar-refractivity contribution in [1.82, 2.24) is 0 Å². The third-order valence-electron chi connectivity index (χ3n) is 2.87. The highest BCUT2D eigenvalue weighted by molar-refractivity contribution is 6.17. The number of allylic oxidation sites excluding steroid dienone is 1. The smallest absolute Gasteiger partial charge is 0.0540 e. The first-order chi connectivity index (χ1) is 7.81. The molecule has 0 rings (SSSR count). The summed E-state index contributed by atoms with van der Waals surface area (Å²) in [5.74, 6) is 0.784. The average Bonchev–Trinajstić information content (AvgIpc) is 2.29. The van der Waals surface area contributed by atoms with Gasteiger partial charge in [-0.05, 0) is 32.1 Å². The van der Waals surface area contributed by atoms with Crippen LogP contribution in [0.3, 0.4) is 0 Å². The highest BCUT2D eigenvalue weighted by atomic mass is 35.5. The van der Waals surface area contributed by atoms with Gasteiger partial charge in [-0.3, -0.25) is 0 Å². The van der Waals surface area contributed by atoms with Gasteiger partial charge < -0.3 is 5.11 Å². The molecule has 0 aromatic carbocycles. The van der Waals surface area contributed by atoms with E-state index < -0.39 is 0 Å². The van der Waals surface area contributed by atoms with Crippen LogP contribution in [0.25, 0.3) is 0 Å². The number of rotatable bonds is 12. The summed E-state index contributed by atoms with van der Waals surface area (Å²) in [5, 5.41) is 9.70. The monoisotopic (exact) mass is 246 g/mol. The lowest BCUT2D eigenvalue weighted by Crippen LogP contribution is -2.05. The Labute approximate surface area is 106 Å². The minimum Gasteiger partial charge on any atom is -0.393 e. The molecule has 2 heteroatoms. The van der Waals surface area contributed by atoms with Crippen LogP contribution in [-0.2, 0) is 0 Å². The molecular formula is C14H27ClO. The number of alkyl halides is 1. The largest absolute Gasteiger partial charge is 0.393 e. The van der Waals surface area contributed by atoms with E-state index in [0.717, 1.165) is 50.8 Å². The van der Waals surface area contributed by atoms with Crippen molar-refractivity contribution < 1.29 is 5.11 Å². The Morgan fingerprint density at radius 2 is 1.50 bits per heavy atom. The predicted molar refractivity (Wildman–Crippen MR) is 73.1 cm³/mol. The standard InChI is InChI=1S/C14H27ClO/c1-2-3-4-8-11-14(16)12-9-6-5-7-10-13-15/h2,14,16H,1,3-13H2. The van der Waals surface area contributed by atoms with Crippen LogP contribution < -0.4 is 0 Å². The molecule has 0 aliphatic heterocycles. The molecule has 1 N–H and O–H groups in total. The zero-order valence-electron chi connectivity index (χ0n) is 10.5. The van der Waals surface area contributed by atoms with Crippen LogP contribution in [0.4, 0.5) is 0 Å². The average molecular weight is 247 g/mol. The molecule has 0 radical (unpaired) electrons. The third kappa shape index (κ3) is 12.1. The SMILES string of the molecule is C=CCCCCC(O)CCCCCCCCl. The van der Waals surface area contributed by atoms with Gasteiger partial charge in [-0.25, -0.2) is 0 Å². The first-order valence-electron chi connectivity index (χ1n) is 6.66. The Balaban J connectivity index is 3.10. The van der Waals surface area contributed by atoms with Crippen LogP contribution >= 0.6 is 11.6 Å². The van der Waals surface area contributed by atoms with Crippen LogP contribution in [-0.4, -0.2) is 17.1 Å². The maximum Gasteiger partial charge on any atom is 0.0540 e. The first kappa shape index (κ1) is 16.0. The summed E-state index contributed by atoms with van der Waals surface area (Å²) in [4.78, 5) is 0. The van der Waals surface area contributed by atoms with Crippen LogP contribution in [0.15, 0.2) is 12.7 Å². The molecule has 96 valence electrons. The maximum absolute atomic E-state index is 9.70. The molecule has 0 spiro atoms. The number of aliphatic hydroxyl groups excluding tert-OH is 1. The molecule has 0 bridgehead atoms. The summed E-state index contributed by atoms with van der Waals surface area (Å²) in [6, 6.07) is 0. The van der Waals surface area contributed by atoms with Gasteiger partial charge in [0.25, 0.3) is 0 Å². The molecule has 16 heavy (non-hydrogen) atoms. The van der Waals surface area contributed by atoms with Crippen molar-refractivity contribution >= 4 is 11.6 Å². The normalized spacial score (nSPS) is 12.6. The molecule has 1 nitrogen and oxygen atoms in total. The molecule has 0 saturated heterocycles. The minimum atomic E-state index is -0.0853. The summed E-state index contributed by atoms with van der Waals surface area (Å²) >= 11 is 5.60. The van der Waals surface area contributed by atoms with Crippen LogP contribution in [0.1, 0.15) is 64.2 Å². The topological polar surface area (TPSA) is 20.2 Å². The Hall–Kier alpha value is -0.0100. The minimum absolute atomic E-state index is 0.0853. The zero-order chi connectivity index (χ0) is 12.1. The fraction of sp³-hybridized carbons (Fsp3) is 0.857. The van der Waals surface area contributed by atoms with Gasteiger partial charge >= 0.3 is 0 Å². The first-order valence-corrected chi connectivity index (χ1v) is 7.19. The molecule has 0 amide bonds. The second kappa shape index (κ2) is 13.1. The van der Waals surface area contributed by atoms with Gasteiger partial charge in [0, 0.05) is 5.88 Å². The van der Waals surface area contributed by atoms with Crippen molar-refractivity contribution in [3.63, 3.8) is 0 Å². The van der Waals surface area contributed by atoms with E-state index in [1.54, 1.807) is 0 Å². The number of halogens is 1. The number of aliphatic hydroxyl groups is 1. The molecule has 0 aliphatic rings. The summed E-state index contributed by atoms with van der Waals surface area (Å²) < 4.78 is 0.